The highest BCUT2D eigenvalue weighted by molar-refractivity contribution is 6.00. The molecule has 0 aromatic rings. The lowest BCUT2D eigenvalue weighted by Gasteiger charge is -2.47. The quantitative estimate of drug-likeness (QED) is 0.792. The highest BCUT2D eigenvalue weighted by Crippen LogP contribution is 2.59. The Morgan fingerprint density at radius 1 is 1.25 bits per heavy atom. The van der Waals surface area contributed by atoms with Crippen LogP contribution in [0, 0.1) is 17.3 Å². The van der Waals surface area contributed by atoms with Gasteiger partial charge in [0.05, 0.1) is 11.2 Å². The smallest absolute Gasteiger partial charge is 0.230 e. The molecule has 1 spiro atoms. The lowest BCUT2D eigenvalue weighted by molar-refractivity contribution is -0.157. The van der Waals surface area contributed by atoms with Crippen molar-refractivity contribution in [1.82, 2.24) is 5.32 Å². The second-order valence-electron chi connectivity index (χ2n) is 7.98. The van der Waals surface area contributed by atoms with Gasteiger partial charge < -0.3 is 4.74 Å². The summed E-state index contributed by atoms with van der Waals surface area (Å²) in [7, 11) is 0. The van der Waals surface area contributed by atoms with Crippen molar-refractivity contribution in [3.63, 3.8) is 0 Å². The van der Waals surface area contributed by atoms with Crippen LogP contribution in [0.15, 0.2) is 0 Å². The number of imide groups is 1. The molecule has 2 atom stereocenters. The third-order valence-electron chi connectivity index (χ3n) is 4.90. The molecular weight excluding hydrogens is 254 g/mol. The van der Waals surface area contributed by atoms with E-state index in [-0.39, 0.29) is 28.7 Å². The Labute approximate surface area is 121 Å². The average Bonchev–Trinajstić information content (AvgIpc) is 2.37. The molecule has 0 aliphatic carbocycles. The minimum atomic E-state index is -0.469. The van der Waals surface area contributed by atoms with Crippen molar-refractivity contribution >= 4 is 11.8 Å². The van der Waals surface area contributed by atoms with Crippen LogP contribution >= 0.6 is 0 Å². The summed E-state index contributed by atoms with van der Waals surface area (Å²) in [5, 5.41) is 2.52. The molecule has 114 valence electrons. The summed E-state index contributed by atoms with van der Waals surface area (Å²) in [5.41, 5.74) is -1.15. The van der Waals surface area contributed by atoms with E-state index in [1.54, 1.807) is 0 Å². The Morgan fingerprint density at radius 2 is 1.85 bits per heavy atom. The predicted molar refractivity (Wildman–Crippen MR) is 77.0 cm³/mol. The number of piperidine rings is 1. The van der Waals surface area contributed by atoms with Crippen molar-refractivity contribution < 1.29 is 14.3 Å². The molecule has 0 aromatic carbocycles. The van der Waals surface area contributed by atoms with Gasteiger partial charge >= 0.3 is 0 Å². The first-order chi connectivity index (χ1) is 8.99. The maximum absolute atomic E-state index is 12.4. The Morgan fingerprint density at radius 3 is 2.30 bits per heavy atom. The summed E-state index contributed by atoms with van der Waals surface area (Å²) >= 11 is 0. The highest BCUT2D eigenvalue weighted by atomic mass is 16.5. The second-order valence-corrected chi connectivity index (χ2v) is 7.98. The number of nitrogens with one attached hydrogen (secondary N) is 1. The molecule has 2 saturated heterocycles. The normalized spacial score (nSPS) is 35.6. The predicted octanol–water partition coefficient (Wildman–Crippen LogP) is 2.66. The molecule has 0 bridgehead atoms. The second kappa shape index (κ2) is 4.55. The van der Waals surface area contributed by atoms with E-state index in [1.807, 2.05) is 27.7 Å². The molecule has 0 saturated carbocycles. The van der Waals surface area contributed by atoms with Gasteiger partial charge in [0.15, 0.2) is 0 Å². The van der Waals surface area contributed by atoms with Gasteiger partial charge in [0, 0.05) is 17.8 Å². The number of ether oxygens (including phenoxy) is 1. The van der Waals surface area contributed by atoms with Gasteiger partial charge in [-0.3, -0.25) is 14.9 Å². The summed E-state index contributed by atoms with van der Waals surface area (Å²) < 4.78 is 6.21. The molecule has 2 rings (SSSR count). The fourth-order valence-electron chi connectivity index (χ4n) is 4.35. The van der Waals surface area contributed by atoms with Crippen molar-refractivity contribution in [3.05, 3.63) is 0 Å². The van der Waals surface area contributed by atoms with Crippen molar-refractivity contribution in [2.75, 3.05) is 0 Å². The summed E-state index contributed by atoms with van der Waals surface area (Å²) in [6, 6.07) is 0. The summed E-state index contributed by atoms with van der Waals surface area (Å²) in [5.74, 6) is -0.0268. The third-order valence-corrected chi connectivity index (χ3v) is 4.90. The molecule has 2 heterocycles. The lowest BCUT2D eigenvalue weighted by atomic mass is 9.57. The summed E-state index contributed by atoms with van der Waals surface area (Å²) in [4.78, 5) is 24.4. The standard InChI is InChI=1S/C16H27NO3/c1-10(2)7-11-13(19)17-12(18)8-16(11)9-14(3,4)20-15(16,5)6/h10-11H,7-9H2,1-6H3,(H,17,18,19). The molecule has 2 aliphatic heterocycles. The van der Waals surface area contributed by atoms with E-state index >= 15 is 0 Å². The molecule has 2 unspecified atom stereocenters. The average molecular weight is 281 g/mol. The van der Waals surface area contributed by atoms with Crippen LogP contribution in [0.1, 0.15) is 60.8 Å². The van der Waals surface area contributed by atoms with Crippen molar-refractivity contribution in [3.8, 4) is 0 Å². The van der Waals surface area contributed by atoms with Crippen molar-refractivity contribution in [2.24, 2.45) is 17.3 Å². The van der Waals surface area contributed by atoms with Gasteiger partial charge in [-0.15, -0.1) is 0 Å². The van der Waals surface area contributed by atoms with Crippen LogP contribution in [-0.4, -0.2) is 23.0 Å². The lowest BCUT2D eigenvalue weighted by Crippen LogP contribution is -2.58. The number of carbonyl (C=O) groups excluding carboxylic acids is 2. The molecule has 4 heteroatoms. The van der Waals surface area contributed by atoms with Crippen LogP contribution in [-0.2, 0) is 14.3 Å². The first-order valence-electron chi connectivity index (χ1n) is 7.53. The third kappa shape index (κ3) is 2.39. The van der Waals surface area contributed by atoms with Crippen LogP contribution < -0.4 is 5.32 Å². The van der Waals surface area contributed by atoms with Crippen LogP contribution in [0.2, 0.25) is 0 Å². The van der Waals surface area contributed by atoms with E-state index < -0.39 is 5.60 Å². The number of rotatable bonds is 2. The Bertz CT molecular complexity index is 439. The van der Waals surface area contributed by atoms with Gasteiger partial charge in [-0.05, 0) is 46.5 Å². The zero-order valence-corrected chi connectivity index (χ0v) is 13.5. The molecule has 2 fully saturated rings. The molecule has 0 radical (unpaired) electrons. The minimum absolute atomic E-state index is 0.121. The maximum Gasteiger partial charge on any atom is 0.230 e. The van der Waals surface area contributed by atoms with Gasteiger partial charge in [-0.2, -0.15) is 0 Å². The first-order valence-corrected chi connectivity index (χ1v) is 7.53. The van der Waals surface area contributed by atoms with Gasteiger partial charge in [-0.25, -0.2) is 0 Å². The number of carbonyl (C=O) groups is 2. The van der Waals surface area contributed by atoms with Crippen LogP contribution in [0.5, 0.6) is 0 Å². The minimum Gasteiger partial charge on any atom is -0.369 e. The largest absolute Gasteiger partial charge is 0.369 e. The van der Waals surface area contributed by atoms with Gasteiger partial charge in [0.2, 0.25) is 11.8 Å². The SMILES string of the molecule is CC(C)CC1C(=O)NC(=O)CC12CC(C)(C)OC2(C)C. The van der Waals surface area contributed by atoms with E-state index in [9.17, 15) is 9.59 Å². The molecule has 4 nitrogen and oxygen atoms in total. The Hall–Kier alpha value is -0.900. The Balaban J connectivity index is 2.47. The number of hydrogen-bond donors (Lipinski definition) is 1. The molecule has 1 N–H and O–H groups in total. The van der Waals surface area contributed by atoms with Crippen LogP contribution in [0.25, 0.3) is 0 Å². The van der Waals surface area contributed by atoms with E-state index in [2.05, 4.69) is 19.2 Å². The molecular formula is C16H27NO3. The fourth-order valence-corrected chi connectivity index (χ4v) is 4.35. The maximum atomic E-state index is 12.4. The Kier molecular flexibility index (Phi) is 3.52. The topological polar surface area (TPSA) is 55.4 Å². The summed E-state index contributed by atoms with van der Waals surface area (Å²) in [6.45, 7) is 12.4. The zero-order valence-electron chi connectivity index (χ0n) is 13.5. The highest BCUT2D eigenvalue weighted by Gasteiger charge is 2.64. The van der Waals surface area contributed by atoms with Gasteiger partial charge in [0.1, 0.15) is 0 Å². The van der Waals surface area contributed by atoms with E-state index in [0.29, 0.717) is 12.3 Å². The fraction of sp³-hybridized carbons (Fsp3) is 0.875. The van der Waals surface area contributed by atoms with E-state index in [0.717, 1.165) is 12.8 Å². The first kappa shape index (κ1) is 15.5. The van der Waals surface area contributed by atoms with E-state index in [1.165, 1.54) is 0 Å². The van der Waals surface area contributed by atoms with Crippen LogP contribution in [0.4, 0.5) is 0 Å². The molecule has 0 aromatic heterocycles. The van der Waals surface area contributed by atoms with Gasteiger partial charge in [-0.1, -0.05) is 13.8 Å². The zero-order chi connectivity index (χ0) is 15.3. The van der Waals surface area contributed by atoms with E-state index in [4.69, 9.17) is 4.74 Å². The molecule has 20 heavy (non-hydrogen) atoms. The van der Waals surface area contributed by atoms with Crippen molar-refractivity contribution in [1.29, 1.82) is 0 Å². The monoisotopic (exact) mass is 281 g/mol. The van der Waals surface area contributed by atoms with Crippen molar-refractivity contribution in [2.45, 2.75) is 72.0 Å². The molecule has 2 amide bonds. The number of amides is 2. The summed E-state index contributed by atoms with van der Waals surface area (Å²) in [6.07, 6.45) is 1.93. The van der Waals surface area contributed by atoms with Crippen LogP contribution in [0.3, 0.4) is 0 Å². The molecule has 2 aliphatic rings. The number of hydrogen-bond acceptors (Lipinski definition) is 3. The van der Waals surface area contributed by atoms with Gasteiger partial charge in [0.25, 0.3) is 0 Å².